The first-order valence-corrected chi connectivity index (χ1v) is 10.2. The summed E-state index contributed by atoms with van der Waals surface area (Å²) in [6, 6.07) is 35.1. The quantitative estimate of drug-likeness (QED) is 0.481. The third kappa shape index (κ3) is 3.11. The summed E-state index contributed by atoms with van der Waals surface area (Å²) in [6.07, 6.45) is 0. The number of anilines is 1. The molecule has 26 heavy (non-hydrogen) atoms. The molecule has 0 amide bonds. The average molecular weight is 355 g/mol. The van der Waals surface area contributed by atoms with Crippen LogP contribution in [0.4, 0.5) is 5.69 Å². The van der Waals surface area contributed by atoms with Crippen molar-refractivity contribution in [2.45, 2.75) is 0 Å². The predicted molar refractivity (Wildman–Crippen MR) is 117 cm³/mol. The van der Waals surface area contributed by atoms with Gasteiger partial charge in [-0.3, -0.25) is 0 Å². The van der Waals surface area contributed by atoms with Crippen LogP contribution in [0.3, 0.4) is 0 Å². The van der Waals surface area contributed by atoms with Gasteiger partial charge in [-0.1, -0.05) is 91.0 Å². The van der Waals surface area contributed by atoms with E-state index in [1.165, 1.54) is 32.4 Å². The minimum atomic E-state index is -0.613. The Morgan fingerprint density at radius 1 is 0.577 bits per heavy atom. The van der Waals surface area contributed by atoms with Crippen molar-refractivity contribution in [2.75, 3.05) is 19.0 Å². The Labute approximate surface area is 156 Å². The molecule has 0 saturated heterocycles. The van der Waals surface area contributed by atoms with Crippen LogP contribution in [0.5, 0.6) is 0 Å². The third-order valence-corrected chi connectivity index (χ3v) is 7.10. The maximum Gasteiger partial charge on any atom is 0.0447 e. The van der Waals surface area contributed by atoms with Crippen molar-refractivity contribution in [1.82, 2.24) is 0 Å². The second-order valence-electron chi connectivity index (χ2n) is 6.55. The van der Waals surface area contributed by atoms with E-state index in [9.17, 15) is 0 Å². The van der Waals surface area contributed by atoms with Gasteiger partial charge in [-0.15, -0.1) is 0 Å². The average Bonchev–Trinajstić information content (AvgIpc) is 2.69. The summed E-state index contributed by atoms with van der Waals surface area (Å²) in [7, 11) is 3.63. The molecule has 0 aliphatic carbocycles. The maximum absolute atomic E-state index is 2.31. The topological polar surface area (TPSA) is 3.24 Å². The zero-order valence-electron chi connectivity index (χ0n) is 15.1. The van der Waals surface area contributed by atoms with Crippen molar-refractivity contribution in [3.05, 3.63) is 97.1 Å². The molecule has 0 atom stereocenters. The molecule has 0 saturated carbocycles. The molecule has 0 fully saturated rings. The van der Waals surface area contributed by atoms with Gasteiger partial charge in [-0.05, 0) is 35.3 Å². The Kier molecular flexibility index (Phi) is 4.73. The zero-order valence-corrected chi connectivity index (χ0v) is 16.0. The summed E-state index contributed by atoms with van der Waals surface area (Å²) in [5.74, 6) is 0. The van der Waals surface area contributed by atoms with E-state index in [1.807, 2.05) is 0 Å². The van der Waals surface area contributed by atoms with Crippen LogP contribution >= 0.6 is 7.92 Å². The smallest absolute Gasteiger partial charge is 0.0447 e. The normalized spacial score (nSPS) is 11.0. The lowest BCUT2D eigenvalue weighted by Crippen LogP contribution is -2.22. The van der Waals surface area contributed by atoms with Crippen molar-refractivity contribution in [3.63, 3.8) is 0 Å². The molecule has 2 heteroatoms. The summed E-state index contributed by atoms with van der Waals surface area (Å²) < 4.78 is 0. The number of hydrogen-bond donors (Lipinski definition) is 0. The molecule has 0 bridgehead atoms. The fourth-order valence-electron chi connectivity index (χ4n) is 3.44. The molecule has 0 radical (unpaired) electrons. The Bertz CT molecular complexity index is 965. The highest BCUT2D eigenvalue weighted by Crippen LogP contribution is 2.38. The minimum Gasteiger partial charge on any atom is -0.377 e. The number of rotatable bonds is 4. The number of hydrogen-bond acceptors (Lipinski definition) is 1. The van der Waals surface area contributed by atoms with Crippen LogP contribution in [0.25, 0.3) is 10.8 Å². The predicted octanol–water partition coefficient (Wildman–Crippen LogP) is 4.66. The van der Waals surface area contributed by atoms with Gasteiger partial charge in [0, 0.05) is 25.2 Å². The van der Waals surface area contributed by atoms with Crippen molar-refractivity contribution in [2.24, 2.45) is 0 Å². The molecule has 0 aromatic heterocycles. The van der Waals surface area contributed by atoms with E-state index < -0.39 is 7.92 Å². The van der Waals surface area contributed by atoms with Crippen molar-refractivity contribution >= 4 is 40.3 Å². The molecule has 0 heterocycles. The van der Waals surface area contributed by atoms with E-state index in [0.717, 1.165) is 0 Å². The first-order valence-electron chi connectivity index (χ1n) is 8.85. The summed E-state index contributed by atoms with van der Waals surface area (Å²) in [4.78, 5) is 2.22. The fourth-order valence-corrected chi connectivity index (χ4v) is 5.94. The van der Waals surface area contributed by atoms with Gasteiger partial charge < -0.3 is 4.90 Å². The summed E-state index contributed by atoms with van der Waals surface area (Å²) in [5.41, 5.74) is 1.28. The largest absolute Gasteiger partial charge is 0.377 e. The van der Waals surface area contributed by atoms with Gasteiger partial charge in [0.1, 0.15) is 0 Å². The highest BCUT2D eigenvalue weighted by molar-refractivity contribution is 7.80. The van der Waals surface area contributed by atoms with Crippen LogP contribution in [0.15, 0.2) is 97.1 Å². The Hall–Kier alpha value is -2.63. The molecule has 128 valence electrons. The van der Waals surface area contributed by atoms with Gasteiger partial charge in [0.15, 0.2) is 0 Å². The van der Waals surface area contributed by atoms with Gasteiger partial charge in [0.25, 0.3) is 0 Å². The lowest BCUT2D eigenvalue weighted by molar-refractivity contribution is 1.14. The van der Waals surface area contributed by atoms with Crippen LogP contribution < -0.4 is 20.8 Å². The molecule has 0 unspecified atom stereocenters. The van der Waals surface area contributed by atoms with E-state index in [1.54, 1.807) is 0 Å². The second kappa shape index (κ2) is 7.32. The molecule has 4 rings (SSSR count). The monoisotopic (exact) mass is 355 g/mol. The molecule has 1 nitrogen and oxygen atoms in total. The van der Waals surface area contributed by atoms with E-state index in [-0.39, 0.29) is 0 Å². The molecule has 4 aromatic rings. The summed E-state index contributed by atoms with van der Waals surface area (Å²) >= 11 is 0. The Balaban J connectivity index is 2.04. The number of nitrogens with zero attached hydrogens (tertiary/aromatic N) is 1. The first-order chi connectivity index (χ1) is 12.8. The summed E-state index contributed by atoms with van der Waals surface area (Å²) in [6.45, 7) is 0. The van der Waals surface area contributed by atoms with Crippen LogP contribution in [-0.2, 0) is 0 Å². The molecular formula is C24H22NP. The van der Waals surface area contributed by atoms with E-state index in [4.69, 9.17) is 0 Å². The van der Waals surface area contributed by atoms with Crippen LogP contribution in [0.1, 0.15) is 0 Å². The maximum atomic E-state index is 2.31. The van der Waals surface area contributed by atoms with Crippen LogP contribution in [0.2, 0.25) is 0 Å². The first kappa shape index (κ1) is 16.8. The molecule has 0 spiro atoms. The fraction of sp³-hybridized carbons (Fsp3) is 0.0833. The van der Waals surface area contributed by atoms with Crippen LogP contribution in [-0.4, -0.2) is 14.1 Å². The Morgan fingerprint density at radius 2 is 1.12 bits per heavy atom. The summed E-state index contributed by atoms with van der Waals surface area (Å²) in [5, 5.41) is 6.84. The SMILES string of the molecule is CN(C)c1cccc2cccc(P(c3ccccc3)c3ccccc3)c12. The molecule has 4 aromatic carbocycles. The van der Waals surface area contributed by atoms with Gasteiger partial charge in [-0.25, -0.2) is 0 Å². The molecule has 0 aliphatic heterocycles. The zero-order chi connectivity index (χ0) is 17.9. The lowest BCUT2D eigenvalue weighted by atomic mass is 10.1. The molecular weight excluding hydrogens is 333 g/mol. The lowest BCUT2D eigenvalue weighted by Gasteiger charge is -2.24. The van der Waals surface area contributed by atoms with Gasteiger partial charge in [0.2, 0.25) is 0 Å². The number of fused-ring (bicyclic) bond motifs is 1. The van der Waals surface area contributed by atoms with E-state index in [2.05, 4.69) is 116 Å². The van der Waals surface area contributed by atoms with Crippen molar-refractivity contribution in [1.29, 1.82) is 0 Å². The minimum absolute atomic E-state index is 0.613. The highest BCUT2D eigenvalue weighted by atomic mass is 31.1. The molecule has 0 N–H and O–H groups in total. The third-order valence-electron chi connectivity index (χ3n) is 4.61. The van der Waals surface area contributed by atoms with E-state index in [0.29, 0.717) is 0 Å². The van der Waals surface area contributed by atoms with Gasteiger partial charge >= 0.3 is 0 Å². The molecule has 0 aliphatic rings. The number of benzene rings is 4. The highest BCUT2D eigenvalue weighted by Gasteiger charge is 2.20. The second-order valence-corrected chi connectivity index (χ2v) is 8.74. The van der Waals surface area contributed by atoms with Gasteiger partial charge in [0.05, 0.1) is 0 Å². The van der Waals surface area contributed by atoms with Crippen molar-refractivity contribution < 1.29 is 0 Å². The van der Waals surface area contributed by atoms with Gasteiger partial charge in [-0.2, -0.15) is 0 Å². The Morgan fingerprint density at radius 3 is 1.65 bits per heavy atom. The standard InChI is InChI=1S/C24H22NP/c1-25(2)22-17-9-11-19-12-10-18-23(24(19)22)26(20-13-5-3-6-14-20)21-15-7-4-8-16-21/h3-18H,1-2H3. The van der Waals surface area contributed by atoms with Crippen molar-refractivity contribution in [3.8, 4) is 0 Å². The van der Waals surface area contributed by atoms with E-state index >= 15 is 0 Å². The van der Waals surface area contributed by atoms with Crippen LogP contribution in [0, 0.1) is 0 Å².